The Morgan fingerprint density at radius 1 is 1.00 bits per heavy atom. The molecule has 0 aromatic heterocycles. The molecule has 3 aliphatic carbocycles. The van der Waals surface area contributed by atoms with Gasteiger partial charge in [0.2, 0.25) is 0 Å². The van der Waals surface area contributed by atoms with E-state index in [4.69, 9.17) is 0 Å². The number of hydrogen-bond donors (Lipinski definition) is 4. The van der Waals surface area contributed by atoms with Crippen molar-refractivity contribution in [1.29, 1.82) is 0 Å². The van der Waals surface area contributed by atoms with Crippen LogP contribution in [-0.2, 0) is 6.54 Å². The van der Waals surface area contributed by atoms with Crippen LogP contribution in [0.5, 0.6) is 5.75 Å². The summed E-state index contributed by atoms with van der Waals surface area (Å²) in [6, 6.07) is 11.7. The SMILES string of the molecule is OCC12CCC(NCc3ccc4cc(O)ccc4c3)(CC1)CC2O. The fraction of sp³-hybridized carbons (Fsp3) is 0.500. The third kappa shape index (κ3) is 2.59. The second kappa shape index (κ2) is 5.73. The molecule has 1 unspecified atom stereocenters. The molecule has 3 saturated carbocycles. The van der Waals surface area contributed by atoms with Crippen LogP contribution in [0.4, 0.5) is 0 Å². The lowest BCUT2D eigenvalue weighted by atomic mass is 9.56. The molecule has 2 aromatic rings. The topological polar surface area (TPSA) is 72.7 Å². The molecule has 0 saturated heterocycles. The van der Waals surface area contributed by atoms with Gasteiger partial charge in [-0.15, -0.1) is 0 Å². The zero-order chi connectivity index (χ0) is 16.8. The Morgan fingerprint density at radius 2 is 1.71 bits per heavy atom. The van der Waals surface area contributed by atoms with Crippen LogP contribution in [0.3, 0.4) is 0 Å². The molecule has 24 heavy (non-hydrogen) atoms. The Hall–Kier alpha value is -1.62. The van der Waals surface area contributed by atoms with E-state index in [1.165, 1.54) is 5.56 Å². The highest BCUT2D eigenvalue weighted by atomic mass is 16.3. The first-order valence-electron chi connectivity index (χ1n) is 8.80. The van der Waals surface area contributed by atoms with Gasteiger partial charge in [0.1, 0.15) is 5.75 Å². The molecular weight excluding hydrogens is 302 g/mol. The van der Waals surface area contributed by atoms with Crippen LogP contribution in [0.25, 0.3) is 10.8 Å². The standard InChI is InChI=1S/C20H25NO3/c22-13-19-5-7-20(8-6-19,11-18(19)24)21-12-14-1-2-16-10-17(23)4-3-15(16)9-14/h1-4,9-10,18,21-24H,5-8,11-13H2. The molecule has 2 aromatic carbocycles. The van der Waals surface area contributed by atoms with E-state index < -0.39 is 6.10 Å². The number of rotatable bonds is 4. The van der Waals surface area contributed by atoms with Crippen molar-refractivity contribution in [3.05, 3.63) is 42.0 Å². The summed E-state index contributed by atoms with van der Waals surface area (Å²) >= 11 is 0. The number of phenolic OH excluding ortho intramolecular Hbond substituents is 1. The summed E-state index contributed by atoms with van der Waals surface area (Å²) in [5.74, 6) is 0.290. The van der Waals surface area contributed by atoms with E-state index in [2.05, 4.69) is 17.4 Å². The molecule has 0 aliphatic heterocycles. The monoisotopic (exact) mass is 327 g/mol. The van der Waals surface area contributed by atoms with Crippen molar-refractivity contribution >= 4 is 10.8 Å². The van der Waals surface area contributed by atoms with Crippen LogP contribution in [0.15, 0.2) is 36.4 Å². The molecule has 0 amide bonds. The molecule has 0 radical (unpaired) electrons. The Morgan fingerprint density at radius 3 is 2.42 bits per heavy atom. The second-order valence-corrected chi connectivity index (χ2v) is 7.74. The van der Waals surface area contributed by atoms with Gasteiger partial charge < -0.3 is 20.6 Å². The fourth-order valence-electron chi connectivity index (χ4n) is 4.54. The summed E-state index contributed by atoms with van der Waals surface area (Å²) in [5, 5.41) is 35.5. The molecule has 1 atom stereocenters. The van der Waals surface area contributed by atoms with Gasteiger partial charge in [-0.3, -0.25) is 0 Å². The molecule has 0 heterocycles. The van der Waals surface area contributed by atoms with Gasteiger partial charge in [0, 0.05) is 17.5 Å². The Bertz CT molecular complexity index is 750. The maximum Gasteiger partial charge on any atom is 0.116 e. The summed E-state index contributed by atoms with van der Waals surface area (Å²) in [5.41, 5.74) is 0.955. The zero-order valence-electron chi connectivity index (χ0n) is 13.8. The maximum absolute atomic E-state index is 10.5. The summed E-state index contributed by atoms with van der Waals surface area (Å²) in [4.78, 5) is 0. The van der Waals surface area contributed by atoms with Crippen molar-refractivity contribution in [2.24, 2.45) is 5.41 Å². The average molecular weight is 327 g/mol. The molecule has 3 fully saturated rings. The maximum atomic E-state index is 10.5. The highest BCUT2D eigenvalue weighted by Crippen LogP contribution is 2.52. The smallest absolute Gasteiger partial charge is 0.116 e. The number of aliphatic hydroxyl groups is 2. The van der Waals surface area contributed by atoms with Gasteiger partial charge in [-0.2, -0.15) is 0 Å². The molecule has 5 rings (SSSR count). The first-order chi connectivity index (χ1) is 11.5. The van der Waals surface area contributed by atoms with Gasteiger partial charge in [0.25, 0.3) is 0 Å². The highest BCUT2D eigenvalue weighted by Gasteiger charge is 2.53. The van der Waals surface area contributed by atoms with Crippen molar-refractivity contribution < 1.29 is 15.3 Å². The van der Waals surface area contributed by atoms with Gasteiger partial charge in [-0.25, -0.2) is 0 Å². The van der Waals surface area contributed by atoms with Crippen molar-refractivity contribution in [3.63, 3.8) is 0 Å². The van der Waals surface area contributed by atoms with Gasteiger partial charge in [0.15, 0.2) is 0 Å². The van der Waals surface area contributed by atoms with Crippen LogP contribution in [0.1, 0.15) is 37.7 Å². The number of phenols is 1. The van der Waals surface area contributed by atoms with Gasteiger partial charge in [-0.05, 0) is 66.6 Å². The summed E-state index contributed by atoms with van der Waals surface area (Å²) in [6.07, 6.45) is 4.16. The van der Waals surface area contributed by atoms with Crippen LogP contribution < -0.4 is 5.32 Å². The number of aliphatic hydroxyl groups excluding tert-OH is 2. The largest absolute Gasteiger partial charge is 0.508 e. The normalized spacial score (nSPS) is 32.3. The Balaban J connectivity index is 1.48. The third-order valence-corrected chi connectivity index (χ3v) is 6.36. The number of hydrogen-bond acceptors (Lipinski definition) is 4. The molecule has 128 valence electrons. The number of aromatic hydroxyl groups is 1. The van der Waals surface area contributed by atoms with Gasteiger partial charge in [0.05, 0.1) is 12.7 Å². The summed E-state index contributed by atoms with van der Waals surface area (Å²) in [6.45, 7) is 0.872. The van der Waals surface area contributed by atoms with Crippen LogP contribution in [0, 0.1) is 5.41 Å². The minimum Gasteiger partial charge on any atom is -0.508 e. The van der Waals surface area contributed by atoms with Crippen molar-refractivity contribution in [2.45, 2.75) is 50.3 Å². The van der Waals surface area contributed by atoms with E-state index in [9.17, 15) is 15.3 Å². The predicted octanol–water partition coefficient (Wildman–Crippen LogP) is 2.69. The van der Waals surface area contributed by atoms with Gasteiger partial charge in [-0.1, -0.05) is 18.2 Å². The first-order valence-corrected chi connectivity index (χ1v) is 8.80. The minimum atomic E-state index is -0.405. The lowest BCUT2D eigenvalue weighted by molar-refractivity contribution is -0.118. The van der Waals surface area contributed by atoms with E-state index in [0.717, 1.165) is 49.4 Å². The number of benzene rings is 2. The van der Waals surface area contributed by atoms with E-state index in [1.54, 1.807) is 12.1 Å². The van der Waals surface area contributed by atoms with E-state index in [0.29, 0.717) is 0 Å². The van der Waals surface area contributed by atoms with Crippen molar-refractivity contribution in [1.82, 2.24) is 5.32 Å². The van der Waals surface area contributed by atoms with Crippen LogP contribution in [0.2, 0.25) is 0 Å². The molecule has 0 spiro atoms. The molecule has 4 N–H and O–H groups in total. The minimum absolute atomic E-state index is 0.000248. The van der Waals surface area contributed by atoms with Crippen molar-refractivity contribution in [2.75, 3.05) is 6.61 Å². The fourth-order valence-corrected chi connectivity index (χ4v) is 4.54. The van der Waals surface area contributed by atoms with E-state index >= 15 is 0 Å². The molecule has 3 aliphatic rings. The van der Waals surface area contributed by atoms with Crippen molar-refractivity contribution in [3.8, 4) is 5.75 Å². The van der Waals surface area contributed by atoms with Gasteiger partial charge >= 0.3 is 0 Å². The van der Waals surface area contributed by atoms with Crippen LogP contribution in [-0.4, -0.2) is 33.6 Å². The molecule has 4 heteroatoms. The number of fused-ring (bicyclic) bond motifs is 4. The quantitative estimate of drug-likeness (QED) is 0.697. The Labute approximate surface area is 142 Å². The number of nitrogens with one attached hydrogen (secondary N) is 1. The second-order valence-electron chi connectivity index (χ2n) is 7.74. The Kier molecular flexibility index (Phi) is 3.79. The predicted molar refractivity (Wildman–Crippen MR) is 93.8 cm³/mol. The van der Waals surface area contributed by atoms with E-state index in [1.807, 2.05) is 12.1 Å². The zero-order valence-corrected chi connectivity index (χ0v) is 13.8. The van der Waals surface area contributed by atoms with E-state index in [-0.39, 0.29) is 23.3 Å². The highest BCUT2D eigenvalue weighted by molar-refractivity contribution is 5.84. The third-order valence-electron chi connectivity index (χ3n) is 6.36. The summed E-state index contributed by atoms with van der Waals surface area (Å²) < 4.78 is 0. The molecular formula is C20H25NO3. The first kappa shape index (κ1) is 15.9. The molecule has 2 bridgehead atoms. The summed E-state index contributed by atoms with van der Waals surface area (Å²) in [7, 11) is 0. The van der Waals surface area contributed by atoms with Crippen LogP contribution >= 0.6 is 0 Å². The lowest BCUT2D eigenvalue weighted by Gasteiger charge is -2.56. The molecule has 4 nitrogen and oxygen atoms in total. The lowest BCUT2D eigenvalue weighted by Crippen LogP contribution is -2.61. The average Bonchev–Trinajstić information content (AvgIpc) is 2.61.